The Bertz CT molecular complexity index is 606. The molecule has 0 fully saturated rings. The van der Waals surface area contributed by atoms with Crippen molar-refractivity contribution in [2.75, 3.05) is 14.2 Å². The van der Waals surface area contributed by atoms with E-state index in [0.29, 0.717) is 0 Å². The second-order valence-electron chi connectivity index (χ2n) is 6.38. The van der Waals surface area contributed by atoms with Gasteiger partial charge in [0.25, 0.3) is 0 Å². The number of hydrogen-bond donors (Lipinski definition) is 0. The third-order valence-electron chi connectivity index (χ3n) is 3.21. The molecular formula is C21H29NO2Ti. The fourth-order valence-corrected chi connectivity index (χ4v) is 2.29. The second-order valence-corrected chi connectivity index (χ2v) is 6.38. The van der Waals surface area contributed by atoms with Gasteiger partial charge in [-0.2, -0.15) is 6.07 Å². The summed E-state index contributed by atoms with van der Waals surface area (Å²) in [7, 11) is 3.37. The summed E-state index contributed by atoms with van der Waals surface area (Å²) in [6.07, 6.45) is 0.943. The van der Waals surface area contributed by atoms with Crippen LogP contribution in [-0.2, 0) is 28.1 Å². The van der Waals surface area contributed by atoms with Crippen molar-refractivity contribution in [3.63, 3.8) is 0 Å². The maximum atomic E-state index is 6.94. The van der Waals surface area contributed by atoms with E-state index in [1.165, 1.54) is 22.3 Å². The summed E-state index contributed by atoms with van der Waals surface area (Å²) in [5, 5.41) is 0. The van der Waals surface area contributed by atoms with Crippen molar-refractivity contribution in [2.45, 2.75) is 32.7 Å². The van der Waals surface area contributed by atoms with Crippen molar-refractivity contribution in [3.8, 4) is 22.6 Å². The van der Waals surface area contributed by atoms with Crippen molar-refractivity contribution < 1.29 is 31.2 Å². The molecule has 134 valence electrons. The summed E-state index contributed by atoms with van der Waals surface area (Å²) in [6, 6.07) is 13.4. The molecular weight excluding hydrogens is 346 g/mol. The van der Waals surface area contributed by atoms with Gasteiger partial charge in [-0.25, -0.2) is 0 Å². The van der Waals surface area contributed by atoms with Gasteiger partial charge in [0.05, 0.1) is 14.2 Å². The standard InChI is InChI=1S/C15H13O2.C4H10N.2CH3.Ti/c1-16-12-5-3-10-7-11-4-6-13(17-2)9-15(11)14(10)8-12;1-4(2,3)5;;;/h3,5-6,8-9H,7H2,1-2H3;5H,1-3H3;2*1H3;/q4*-1;+4. The molecule has 1 aliphatic carbocycles. The van der Waals surface area contributed by atoms with E-state index in [-0.39, 0.29) is 42.1 Å². The Morgan fingerprint density at radius 2 is 1.48 bits per heavy atom. The minimum Gasteiger partial charge on any atom is -0.673 e. The second kappa shape index (κ2) is 10.6. The van der Waals surface area contributed by atoms with E-state index in [0.717, 1.165) is 17.9 Å². The van der Waals surface area contributed by atoms with Gasteiger partial charge >= 0.3 is 21.7 Å². The Kier molecular flexibility index (Phi) is 11.1. The van der Waals surface area contributed by atoms with Gasteiger partial charge in [0, 0.05) is 5.75 Å². The number of nitrogens with one attached hydrogen (secondary N) is 1. The number of ether oxygens (including phenoxy) is 2. The van der Waals surface area contributed by atoms with Crippen LogP contribution in [0.4, 0.5) is 0 Å². The van der Waals surface area contributed by atoms with Crippen LogP contribution < -0.4 is 9.47 Å². The molecule has 2 aromatic rings. The molecule has 0 amide bonds. The van der Waals surface area contributed by atoms with Gasteiger partial charge in [-0.05, 0) is 24.1 Å². The fourth-order valence-electron chi connectivity index (χ4n) is 2.29. The van der Waals surface area contributed by atoms with Crippen LogP contribution in [0.15, 0.2) is 30.3 Å². The van der Waals surface area contributed by atoms with Gasteiger partial charge in [0.2, 0.25) is 0 Å². The molecule has 2 aromatic carbocycles. The first-order chi connectivity index (χ1) is 10.3. The number of rotatable bonds is 2. The molecule has 0 atom stereocenters. The summed E-state index contributed by atoms with van der Waals surface area (Å²) in [6.45, 7) is 5.56. The molecule has 3 rings (SSSR count). The monoisotopic (exact) mass is 375 g/mol. The van der Waals surface area contributed by atoms with Crippen LogP contribution in [0.5, 0.6) is 11.5 Å². The summed E-state index contributed by atoms with van der Waals surface area (Å²) in [5.74, 6) is 1.74. The SMILES string of the molecule is CC(C)(C)[NH-].COc1c[c-]c2c(c1)-c1cc(OC)ccc1C2.[CH3-].[CH3-].[Ti+4]. The zero-order valence-electron chi connectivity index (χ0n) is 16.4. The van der Waals surface area contributed by atoms with Gasteiger partial charge in [-0.15, -0.1) is 28.8 Å². The van der Waals surface area contributed by atoms with Gasteiger partial charge < -0.3 is 30.1 Å². The summed E-state index contributed by atoms with van der Waals surface area (Å²) < 4.78 is 10.5. The first-order valence-corrected chi connectivity index (χ1v) is 7.32. The Morgan fingerprint density at radius 1 is 0.960 bits per heavy atom. The molecule has 1 aliphatic rings. The molecule has 3 nitrogen and oxygen atoms in total. The third kappa shape index (κ3) is 7.23. The number of methoxy groups -OCH3 is 2. The van der Waals surface area contributed by atoms with Crippen molar-refractivity contribution in [1.82, 2.24) is 0 Å². The summed E-state index contributed by atoms with van der Waals surface area (Å²) in [5.41, 5.74) is 11.7. The van der Waals surface area contributed by atoms with Crippen LogP contribution in [0.1, 0.15) is 31.9 Å². The van der Waals surface area contributed by atoms with Crippen LogP contribution in [0.25, 0.3) is 16.9 Å². The normalized spacial score (nSPS) is 10.5. The topological polar surface area (TPSA) is 42.3 Å². The molecule has 0 aliphatic heterocycles. The minimum atomic E-state index is -0.250. The Hall–Kier alpha value is -1.29. The van der Waals surface area contributed by atoms with Gasteiger partial charge in [0.15, 0.2) is 0 Å². The molecule has 4 heteroatoms. The van der Waals surface area contributed by atoms with E-state index < -0.39 is 0 Å². The van der Waals surface area contributed by atoms with Crippen LogP contribution >= 0.6 is 0 Å². The molecule has 0 spiro atoms. The minimum absolute atomic E-state index is 0. The molecule has 0 aromatic heterocycles. The zero-order chi connectivity index (χ0) is 16.3. The smallest absolute Gasteiger partial charge is 0.673 e. The Labute approximate surface area is 168 Å². The zero-order valence-corrected chi connectivity index (χ0v) is 18.0. The first-order valence-electron chi connectivity index (χ1n) is 7.32. The van der Waals surface area contributed by atoms with E-state index in [1.54, 1.807) is 14.2 Å². The predicted octanol–water partition coefficient (Wildman–Crippen LogP) is 5.81. The average molecular weight is 375 g/mol. The molecule has 0 bridgehead atoms. The Balaban J connectivity index is 0. The maximum Gasteiger partial charge on any atom is 4.00 e. The fraction of sp³-hybridized carbons (Fsp3) is 0.333. The average Bonchev–Trinajstić information content (AvgIpc) is 2.82. The number of fused-ring (bicyclic) bond motifs is 3. The van der Waals surface area contributed by atoms with Crippen LogP contribution in [0.3, 0.4) is 0 Å². The van der Waals surface area contributed by atoms with Crippen molar-refractivity contribution in [1.29, 1.82) is 0 Å². The summed E-state index contributed by atoms with van der Waals surface area (Å²) >= 11 is 0. The molecule has 25 heavy (non-hydrogen) atoms. The van der Waals surface area contributed by atoms with Crippen LogP contribution in [-0.4, -0.2) is 19.8 Å². The number of hydrogen-bond acceptors (Lipinski definition) is 2. The molecule has 0 saturated heterocycles. The largest absolute Gasteiger partial charge is 4.00 e. The van der Waals surface area contributed by atoms with E-state index in [2.05, 4.69) is 24.3 Å². The van der Waals surface area contributed by atoms with Crippen molar-refractivity contribution >= 4 is 0 Å². The maximum absolute atomic E-state index is 6.94. The van der Waals surface area contributed by atoms with E-state index in [4.69, 9.17) is 15.2 Å². The van der Waals surface area contributed by atoms with E-state index >= 15 is 0 Å². The Morgan fingerprint density at radius 3 is 2.00 bits per heavy atom. The summed E-state index contributed by atoms with van der Waals surface area (Å²) in [4.78, 5) is 0. The van der Waals surface area contributed by atoms with Crippen LogP contribution in [0.2, 0.25) is 0 Å². The van der Waals surface area contributed by atoms with Gasteiger partial charge in [-0.1, -0.05) is 32.4 Å². The van der Waals surface area contributed by atoms with E-state index in [9.17, 15) is 0 Å². The third-order valence-corrected chi connectivity index (χ3v) is 3.21. The van der Waals surface area contributed by atoms with Gasteiger partial charge in [-0.3, -0.25) is 0 Å². The molecule has 1 N–H and O–H groups in total. The quantitative estimate of drug-likeness (QED) is 0.419. The molecule has 0 saturated carbocycles. The molecule has 0 unspecified atom stereocenters. The predicted molar refractivity (Wildman–Crippen MR) is 104 cm³/mol. The molecule has 0 heterocycles. The van der Waals surface area contributed by atoms with Crippen molar-refractivity contribution in [2.24, 2.45) is 0 Å². The molecule has 0 radical (unpaired) electrons. The van der Waals surface area contributed by atoms with Gasteiger partial charge in [0.1, 0.15) is 5.75 Å². The van der Waals surface area contributed by atoms with Crippen molar-refractivity contribution in [3.05, 3.63) is 68.1 Å². The number of benzene rings is 2. The van der Waals surface area contributed by atoms with E-state index in [1.807, 2.05) is 32.9 Å². The first kappa shape index (κ1) is 25.9. The van der Waals surface area contributed by atoms with Crippen LogP contribution in [0, 0.1) is 20.9 Å².